The Morgan fingerprint density at radius 1 is 1.53 bits per heavy atom. The molecular formula is C15H17NO3. The van der Waals surface area contributed by atoms with E-state index >= 15 is 0 Å². The predicted octanol–water partition coefficient (Wildman–Crippen LogP) is 2.59. The van der Waals surface area contributed by atoms with E-state index < -0.39 is 0 Å². The zero-order valence-corrected chi connectivity index (χ0v) is 10.8. The lowest BCUT2D eigenvalue weighted by atomic mass is 10.0. The van der Waals surface area contributed by atoms with Crippen LogP contribution in [0, 0.1) is 17.2 Å². The Bertz CT molecular complexity index is 473. The van der Waals surface area contributed by atoms with E-state index in [9.17, 15) is 4.79 Å². The van der Waals surface area contributed by atoms with Crippen molar-refractivity contribution in [3.63, 3.8) is 0 Å². The fourth-order valence-corrected chi connectivity index (χ4v) is 2.09. The van der Waals surface area contributed by atoms with Crippen molar-refractivity contribution in [2.24, 2.45) is 5.92 Å². The number of Topliss-reactive ketones (excluding diaryl/α,β-unsaturated/α-hetero) is 1. The number of hydrogen-bond acceptors (Lipinski definition) is 4. The number of carbonyl (C=O) groups excluding carboxylic acids is 1. The number of carbonyl (C=O) groups is 1. The van der Waals surface area contributed by atoms with Crippen molar-refractivity contribution in [3.8, 4) is 11.8 Å². The molecule has 0 saturated carbocycles. The SMILES string of the molecule is N#CCC(=O)c1cccc(OCC2CCCOC2)c1. The predicted molar refractivity (Wildman–Crippen MR) is 70.0 cm³/mol. The van der Waals surface area contributed by atoms with E-state index in [1.807, 2.05) is 12.1 Å². The summed E-state index contributed by atoms with van der Waals surface area (Å²) in [5, 5.41) is 8.52. The van der Waals surface area contributed by atoms with Gasteiger partial charge in [0.15, 0.2) is 5.78 Å². The lowest BCUT2D eigenvalue weighted by molar-refractivity contribution is 0.0352. The second-order valence-electron chi connectivity index (χ2n) is 4.68. The van der Waals surface area contributed by atoms with Crippen LogP contribution in [0.1, 0.15) is 29.6 Å². The molecule has 1 saturated heterocycles. The molecule has 4 nitrogen and oxygen atoms in total. The third kappa shape index (κ3) is 4.08. The van der Waals surface area contributed by atoms with Crippen LogP contribution in [0.15, 0.2) is 24.3 Å². The molecule has 0 aliphatic carbocycles. The number of hydrogen-bond donors (Lipinski definition) is 0. The normalized spacial score (nSPS) is 18.6. The van der Waals surface area contributed by atoms with Crippen LogP contribution in [-0.4, -0.2) is 25.6 Å². The molecule has 1 fully saturated rings. The van der Waals surface area contributed by atoms with Gasteiger partial charge >= 0.3 is 0 Å². The zero-order chi connectivity index (χ0) is 13.5. The van der Waals surface area contributed by atoms with Crippen LogP contribution in [0.2, 0.25) is 0 Å². The van der Waals surface area contributed by atoms with E-state index in [0.29, 0.717) is 23.8 Å². The summed E-state index contributed by atoms with van der Waals surface area (Å²) in [5.41, 5.74) is 0.527. The molecule has 1 aromatic rings. The van der Waals surface area contributed by atoms with Gasteiger partial charge in [-0.05, 0) is 25.0 Å². The van der Waals surface area contributed by atoms with E-state index in [1.54, 1.807) is 18.2 Å². The highest BCUT2D eigenvalue weighted by Gasteiger charge is 2.14. The molecule has 1 aliphatic rings. The Morgan fingerprint density at radius 3 is 3.16 bits per heavy atom. The van der Waals surface area contributed by atoms with Crippen molar-refractivity contribution in [1.82, 2.24) is 0 Å². The second-order valence-corrected chi connectivity index (χ2v) is 4.68. The van der Waals surface area contributed by atoms with Gasteiger partial charge in [0.2, 0.25) is 0 Å². The van der Waals surface area contributed by atoms with Crippen LogP contribution >= 0.6 is 0 Å². The van der Waals surface area contributed by atoms with Crippen molar-refractivity contribution >= 4 is 5.78 Å². The minimum absolute atomic E-state index is 0.0973. The molecular weight excluding hydrogens is 242 g/mol. The minimum atomic E-state index is -0.172. The van der Waals surface area contributed by atoms with Crippen molar-refractivity contribution in [1.29, 1.82) is 5.26 Å². The first-order chi connectivity index (χ1) is 9.29. The molecule has 1 aromatic carbocycles. The Hall–Kier alpha value is -1.86. The van der Waals surface area contributed by atoms with Gasteiger partial charge in [0.1, 0.15) is 5.75 Å². The molecule has 0 N–H and O–H groups in total. The maximum Gasteiger partial charge on any atom is 0.177 e. The Kier molecular flexibility index (Phi) is 4.93. The summed E-state index contributed by atoms with van der Waals surface area (Å²) in [6.45, 7) is 2.19. The van der Waals surface area contributed by atoms with Crippen LogP contribution in [0.5, 0.6) is 5.75 Å². The Labute approximate surface area is 112 Å². The molecule has 1 atom stereocenters. The standard InChI is InChI=1S/C15H17NO3/c16-7-6-15(17)13-4-1-5-14(9-13)19-11-12-3-2-8-18-10-12/h1,4-5,9,12H,2-3,6,8,10-11H2. The second kappa shape index (κ2) is 6.91. The molecule has 0 bridgehead atoms. The topological polar surface area (TPSA) is 59.3 Å². The van der Waals surface area contributed by atoms with Crippen LogP contribution in [0.4, 0.5) is 0 Å². The largest absolute Gasteiger partial charge is 0.493 e. The number of nitriles is 1. The fraction of sp³-hybridized carbons (Fsp3) is 0.467. The molecule has 1 heterocycles. The van der Waals surface area contributed by atoms with Gasteiger partial charge in [0.25, 0.3) is 0 Å². The third-order valence-electron chi connectivity index (χ3n) is 3.14. The minimum Gasteiger partial charge on any atom is -0.493 e. The molecule has 1 aliphatic heterocycles. The van der Waals surface area contributed by atoms with Gasteiger partial charge in [0.05, 0.1) is 25.7 Å². The highest BCUT2D eigenvalue weighted by molar-refractivity contribution is 5.97. The molecule has 2 rings (SSSR count). The fourth-order valence-electron chi connectivity index (χ4n) is 2.09. The number of rotatable bonds is 5. The lowest BCUT2D eigenvalue weighted by Crippen LogP contribution is -2.23. The van der Waals surface area contributed by atoms with Crippen LogP contribution in [0.3, 0.4) is 0 Å². The average molecular weight is 259 g/mol. The zero-order valence-electron chi connectivity index (χ0n) is 10.8. The first kappa shape index (κ1) is 13.6. The number of benzene rings is 1. The van der Waals surface area contributed by atoms with Crippen LogP contribution in [-0.2, 0) is 4.74 Å². The highest BCUT2D eigenvalue weighted by atomic mass is 16.5. The van der Waals surface area contributed by atoms with Gasteiger partial charge in [-0.25, -0.2) is 0 Å². The van der Waals surface area contributed by atoms with Gasteiger partial charge < -0.3 is 9.47 Å². The summed E-state index contributed by atoms with van der Waals surface area (Å²) in [6, 6.07) is 8.87. The van der Waals surface area contributed by atoms with Gasteiger partial charge in [0, 0.05) is 18.1 Å². The van der Waals surface area contributed by atoms with Crippen molar-refractivity contribution < 1.29 is 14.3 Å². The Balaban J connectivity index is 1.91. The number of nitrogens with zero attached hydrogens (tertiary/aromatic N) is 1. The van der Waals surface area contributed by atoms with E-state index in [0.717, 1.165) is 26.1 Å². The molecule has 0 spiro atoms. The summed E-state index contributed by atoms with van der Waals surface area (Å²) in [7, 11) is 0. The van der Waals surface area contributed by atoms with Gasteiger partial charge in [-0.3, -0.25) is 4.79 Å². The monoisotopic (exact) mass is 259 g/mol. The highest BCUT2D eigenvalue weighted by Crippen LogP contribution is 2.18. The Morgan fingerprint density at radius 2 is 2.42 bits per heavy atom. The van der Waals surface area contributed by atoms with Crippen LogP contribution < -0.4 is 4.74 Å². The number of ketones is 1. The average Bonchev–Trinajstić information content (AvgIpc) is 2.47. The van der Waals surface area contributed by atoms with Gasteiger partial charge in [-0.1, -0.05) is 12.1 Å². The summed E-state index contributed by atoms with van der Waals surface area (Å²) >= 11 is 0. The molecule has 100 valence electrons. The van der Waals surface area contributed by atoms with Crippen molar-refractivity contribution in [2.45, 2.75) is 19.3 Å². The van der Waals surface area contributed by atoms with E-state index in [4.69, 9.17) is 14.7 Å². The van der Waals surface area contributed by atoms with E-state index in [2.05, 4.69) is 0 Å². The summed E-state index contributed by atoms with van der Waals surface area (Å²) in [6.07, 6.45) is 2.10. The van der Waals surface area contributed by atoms with Gasteiger partial charge in [-0.2, -0.15) is 5.26 Å². The first-order valence-corrected chi connectivity index (χ1v) is 6.50. The molecule has 4 heteroatoms. The molecule has 0 radical (unpaired) electrons. The quantitative estimate of drug-likeness (QED) is 0.762. The maximum absolute atomic E-state index is 11.6. The lowest BCUT2D eigenvalue weighted by Gasteiger charge is -2.22. The van der Waals surface area contributed by atoms with E-state index in [1.165, 1.54) is 0 Å². The smallest absolute Gasteiger partial charge is 0.177 e. The summed E-state index contributed by atoms with van der Waals surface area (Å²) < 4.78 is 11.1. The summed E-state index contributed by atoms with van der Waals surface area (Å²) in [5.74, 6) is 0.926. The van der Waals surface area contributed by atoms with Gasteiger partial charge in [-0.15, -0.1) is 0 Å². The molecule has 1 unspecified atom stereocenters. The number of ether oxygens (including phenoxy) is 2. The van der Waals surface area contributed by atoms with E-state index in [-0.39, 0.29) is 12.2 Å². The van der Waals surface area contributed by atoms with Crippen molar-refractivity contribution in [2.75, 3.05) is 19.8 Å². The first-order valence-electron chi connectivity index (χ1n) is 6.50. The van der Waals surface area contributed by atoms with Crippen molar-refractivity contribution in [3.05, 3.63) is 29.8 Å². The van der Waals surface area contributed by atoms with Crippen LogP contribution in [0.25, 0.3) is 0 Å². The molecule has 19 heavy (non-hydrogen) atoms. The molecule has 0 aromatic heterocycles. The molecule has 0 amide bonds. The summed E-state index contributed by atoms with van der Waals surface area (Å²) in [4.78, 5) is 11.6. The maximum atomic E-state index is 11.6. The third-order valence-corrected chi connectivity index (χ3v) is 3.14.